The number of benzene rings is 4. The number of halogens is 2. The van der Waals surface area contributed by atoms with Crippen molar-refractivity contribution >= 4 is 62.5 Å². The van der Waals surface area contributed by atoms with E-state index in [1.165, 1.54) is 28.8 Å². The van der Waals surface area contributed by atoms with Crippen LogP contribution in [-0.2, 0) is 32.6 Å². The largest absolute Gasteiger partial charge is 0.354 e. The van der Waals surface area contributed by atoms with E-state index in [0.717, 1.165) is 33.2 Å². The van der Waals surface area contributed by atoms with Gasteiger partial charge in [-0.05, 0) is 73.7 Å². The molecule has 0 unspecified atom stereocenters. The van der Waals surface area contributed by atoms with Crippen molar-refractivity contribution in [1.82, 2.24) is 10.2 Å². The summed E-state index contributed by atoms with van der Waals surface area (Å²) in [5.74, 6) is -0.936. The monoisotopic (exact) mass is 711 g/mol. The summed E-state index contributed by atoms with van der Waals surface area (Å²) in [7, 11) is -4.21. The number of rotatable bonds is 15. The number of carbonyl (C=O) groups is 2. The smallest absolute Gasteiger partial charge is 0.264 e. The SMILES string of the molecule is CCCCNC(=O)[C@H](Cc1ccccc1)N(Cc1c(Cl)cccc1Cl)C(=O)CN(c1ccc(C)cc1)S(=O)(=O)c1ccc(SC)cc1. The second-order valence-electron chi connectivity index (χ2n) is 11.1. The summed E-state index contributed by atoms with van der Waals surface area (Å²) in [5, 5.41) is 3.64. The first kappa shape index (κ1) is 36.3. The molecule has 1 atom stereocenters. The molecule has 7 nitrogen and oxygen atoms in total. The fourth-order valence-electron chi connectivity index (χ4n) is 5.03. The van der Waals surface area contributed by atoms with Gasteiger partial charge in [0.05, 0.1) is 10.6 Å². The Morgan fingerprint density at radius 2 is 1.51 bits per heavy atom. The van der Waals surface area contributed by atoms with Crippen molar-refractivity contribution in [2.24, 2.45) is 0 Å². The summed E-state index contributed by atoms with van der Waals surface area (Å²) in [6.07, 6.45) is 3.75. The average Bonchev–Trinajstić information content (AvgIpc) is 3.07. The number of sulfonamides is 1. The Labute approximate surface area is 292 Å². The third-order valence-corrected chi connectivity index (χ3v) is 11.0. The predicted octanol–water partition coefficient (Wildman–Crippen LogP) is 7.78. The molecular weight excluding hydrogens is 673 g/mol. The molecule has 0 aromatic heterocycles. The average molecular weight is 713 g/mol. The summed E-state index contributed by atoms with van der Waals surface area (Å²) in [6.45, 7) is 3.68. The topological polar surface area (TPSA) is 86.8 Å². The minimum Gasteiger partial charge on any atom is -0.354 e. The zero-order chi connectivity index (χ0) is 34.0. The maximum absolute atomic E-state index is 14.6. The van der Waals surface area contributed by atoms with Gasteiger partial charge >= 0.3 is 0 Å². The van der Waals surface area contributed by atoms with Gasteiger partial charge in [0.25, 0.3) is 10.0 Å². The van der Waals surface area contributed by atoms with Crippen molar-refractivity contribution in [1.29, 1.82) is 0 Å². The Morgan fingerprint density at radius 3 is 2.11 bits per heavy atom. The summed E-state index contributed by atoms with van der Waals surface area (Å²) in [6, 6.07) is 26.9. The second kappa shape index (κ2) is 17.1. The molecule has 0 spiro atoms. The van der Waals surface area contributed by atoms with E-state index >= 15 is 0 Å². The van der Waals surface area contributed by atoms with Crippen molar-refractivity contribution < 1.29 is 18.0 Å². The molecule has 248 valence electrons. The fourth-order valence-corrected chi connectivity index (χ4v) is 7.37. The first-order valence-electron chi connectivity index (χ1n) is 15.3. The Kier molecular flexibility index (Phi) is 13.2. The fraction of sp³-hybridized carbons (Fsp3) is 0.278. The van der Waals surface area contributed by atoms with Crippen molar-refractivity contribution in [2.75, 3.05) is 23.7 Å². The molecule has 0 aliphatic rings. The molecule has 0 saturated heterocycles. The van der Waals surface area contributed by atoms with Crippen LogP contribution in [0.1, 0.15) is 36.5 Å². The zero-order valence-corrected chi connectivity index (χ0v) is 29.8. The van der Waals surface area contributed by atoms with Crippen LogP contribution >= 0.6 is 35.0 Å². The Balaban J connectivity index is 1.82. The minimum atomic E-state index is -4.21. The molecule has 0 fully saturated rings. The number of hydrogen-bond donors (Lipinski definition) is 1. The molecular formula is C36H39Cl2N3O4S2. The molecule has 0 radical (unpaired) electrons. The lowest BCUT2D eigenvalue weighted by atomic mass is 10.0. The molecule has 0 bridgehead atoms. The standard InChI is InChI=1S/C36H39Cl2N3O4S2/c1-4-5-22-39-36(43)34(23-27-10-7-6-8-11-27)40(24-31-32(37)12-9-13-33(31)38)35(42)25-41(28-16-14-26(2)15-17-28)47(44,45)30-20-18-29(46-3)19-21-30/h6-21,34H,4-5,22-25H2,1-3H3,(H,39,43)/t34-/m0/s1. The number of aryl methyl sites for hydroxylation is 1. The van der Waals surface area contributed by atoms with Gasteiger partial charge < -0.3 is 10.2 Å². The summed E-state index contributed by atoms with van der Waals surface area (Å²) in [5.41, 5.74) is 2.55. The van der Waals surface area contributed by atoms with E-state index in [4.69, 9.17) is 23.2 Å². The van der Waals surface area contributed by atoms with Crippen molar-refractivity contribution in [3.63, 3.8) is 0 Å². The molecule has 4 rings (SSSR count). The van der Waals surface area contributed by atoms with E-state index < -0.39 is 28.5 Å². The molecule has 0 aliphatic heterocycles. The highest BCUT2D eigenvalue weighted by Gasteiger charge is 2.35. The minimum absolute atomic E-state index is 0.0440. The quantitative estimate of drug-likeness (QED) is 0.101. The number of nitrogens with one attached hydrogen (secondary N) is 1. The summed E-state index contributed by atoms with van der Waals surface area (Å²) >= 11 is 14.7. The summed E-state index contributed by atoms with van der Waals surface area (Å²) < 4.78 is 29.6. The van der Waals surface area contributed by atoms with Gasteiger partial charge in [-0.15, -0.1) is 11.8 Å². The Morgan fingerprint density at radius 1 is 0.872 bits per heavy atom. The van der Waals surface area contributed by atoms with Crippen LogP contribution in [0, 0.1) is 6.92 Å². The Hall–Kier alpha value is -3.50. The molecule has 4 aromatic carbocycles. The van der Waals surface area contributed by atoms with Gasteiger partial charge in [0.15, 0.2) is 0 Å². The molecule has 1 N–H and O–H groups in total. The van der Waals surface area contributed by atoms with Gasteiger partial charge in [-0.3, -0.25) is 13.9 Å². The molecule has 2 amide bonds. The van der Waals surface area contributed by atoms with Crippen LogP contribution in [0.25, 0.3) is 0 Å². The van der Waals surface area contributed by atoms with Crippen molar-refractivity contribution in [3.05, 3.63) is 124 Å². The number of nitrogens with zero attached hydrogens (tertiary/aromatic N) is 2. The highest BCUT2D eigenvalue weighted by Crippen LogP contribution is 2.29. The predicted molar refractivity (Wildman–Crippen MR) is 193 cm³/mol. The van der Waals surface area contributed by atoms with Crippen molar-refractivity contribution in [3.8, 4) is 0 Å². The van der Waals surface area contributed by atoms with E-state index in [2.05, 4.69) is 5.32 Å². The molecule has 4 aromatic rings. The highest BCUT2D eigenvalue weighted by atomic mass is 35.5. The number of anilines is 1. The normalized spacial score (nSPS) is 11.9. The second-order valence-corrected chi connectivity index (χ2v) is 14.7. The van der Waals surface area contributed by atoms with Crippen LogP contribution in [0.5, 0.6) is 0 Å². The molecule has 0 heterocycles. The third kappa shape index (κ3) is 9.54. The highest BCUT2D eigenvalue weighted by molar-refractivity contribution is 7.98. The lowest BCUT2D eigenvalue weighted by Crippen LogP contribution is -2.53. The molecule has 0 aliphatic carbocycles. The van der Waals surface area contributed by atoms with Gasteiger partial charge in [0.1, 0.15) is 12.6 Å². The number of thioether (sulfide) groups is 1. The summed E-state index contributed by atoms with van der Waals surface area (Å²) in [4.78, 5) is 30.9. The maximum Gasteiger partial charge on any atom is 0.264 e. The zero-order valence-electron chi connectivity index (χ0n) is 26.7. The van der Waals surface area contributed by atoms with Crippen LogP contribution < -0.4 is 9.62 Å². The molecule has 0 saturated carbocycles. The number of carbonyl (C=O) groups excluding carboxylic acids is 2. The van der Waals surface area contributed by atoms with E-state index in [-0.39, 0.29) is 23.8 Å². The van der Waals surface area contributed by atoms with Gasteiger partial charge in [-0.25, -0.2) is 8.42 Å². The van der Waals surface area contributed by atoms with E-state index in [1.807, 2.05) is 50.4 Å². The van der Waals surface area contributed by atoms with Crippen LogP contribution in [0.3, 0.4) is 0 Å². The number of amides is 2. The van der Waals surface area contributed by atoms with Crippen LogP contribution in [0.2, 0.25) is 10.0 Å². The van der Waals surface area contributed by atoms with Gasteiger partial charge in [0, 0.05) is 40.0 Å². The maximum atomic E-state index is 14.6. The van der Waals surface area contributed by atoms with E-state index in [9.17, 15) is 18.0 Å². The van der Waals surface area contributed by atoms with Gasteiger partial charge in [0.2, 0.25) is 11.8 Å². The molecule has 11 heteroatoms. The third-order valence-electron chi connectivity index (χ3n) is 7.74. The molecule has 47 heavy (non-hydrogen) atoms. The van der Waals surface area contributed by atoms with Crippen LogP contribution in [0.15, 0.2) is 107 Å². The number of unbranched alkanes of at least 4 members (excludes halogenated alkanes) is 1. The van der Waals surface area contributed by atoms with Crippen LogP contribution in [0.4, 0.5) is 5.69 Å². The Bertz CT molecular complexity index is 1730. The first-order chi connectivity index (χ1) is 22.5. The van der Waals surface area contributed by atoms with Crippen molar-refractivity contribution in [2.45, 2.75) is 55.5 Å². The van der Waals surface area contributed by atoms with Crippen LogP contribution in [-0.4, -0.2) is 50.5 Å². The first-order valence-corrected chi connectivity index (χ1v) is 18.7. The van der Waals surface area contributed by atoms with E-state index in [0.29, 0.717) is 27.8 Å². The lowest BCUT2D eigenvalue weighted by Gasteiger charge is -2.34. The van der Waals surface area contributed by atoms with Gasteiger partial charge in [-0.2, -0.15) is 0 Å². The lowest BCUT2D eigenvalue weighted by molar-refractivity contribution is -0.140. The van der Waals surface area contributed by atoms with Gasteiger partial charge in [-0.1, -0.05) is 90.6 Å². The number of hydrogen-bond acceptors (Lipinski definition) is 5. The van der Waals surface area contributed by atoms with E-state index in [1.54, 1.807) is 54.6 Å².